The number of alkyl halides is 1. The second-order valence-corrected chi connectivity index (χ2v) is 10.1. The van der Waals surface area contributed by atoms with Gasteiger partial charge in [-0.15, -0.1) is 11.6 Å². The van der Waals surface area contributed by atoms with Crippen LogP contribution in [-0.4, -0.2) is 53.0 Å². The van der Waals surface area contributed by atoms with E-state index in [0.717, 1.165) is 16.9 Å². The van der Waals surface area contributed by atoms with E-state index >= 15 is 0 Å². The lowest BCUT2D eigenvalue weighted by atomic mass is 9.78. The van der Waals surface area contributed by atoms with Gasteiger partial charge in [-0.3, -0.25) is 0 Å². The van der Waals surface area contributed by atoms with E-state index in [2.05, 4.69) is 20.8 Å². The van der Waals surface area contributed by atoms with Crippen molar-refractivity contribution >= 4 is 46.6 Å². The second kappa shape index (κ2) is 12.4. The standard InChI is InChI=1S/C23H29Cl3O4S/c1-4-31-14-18(28)13-30-22-8-6-16(10-20(22)26)23(2,3)15-5-7-21(19(25)9-15)29-12-17(27)11-24/h5-10,17-18,27-28H,4,11-14H2,1-3H3. The van der Waals surface area contributed by atoms with Gasteiger partial charge in [-0.2, -0.15) is 11.8 Å². The van der Waals surface area contributed by atoms with Crippen molar-refractivity contribution in [3.05, 3.63) is 57.6 Å². The third kappa shape index (κ3) is 7.62. The Hall–Kier alpha value is -0.820. The summed E-state index contributed by atoms with van der Waals surface area (Å²) in [7, 11) is 0. The van der Waals surface area contributed by atoms with Crippen LogP contribution in [0.15, 0.2) is 36.4 Å². The van der Waals surface area contributed by atoms with Crippen molar-refractivity contribution < 1.29 is 19.7 Å². The first kappa shape index (κ1) is 26.4. The molecular weight excluding hydrogens is 479 g/mol. The monoisotopic (exact) mass is 506 g/mol. The molecule has 0 aliphatic rings. The molecular formula is C23H29Cl3O4S. The fourth-order valence-electron chi connectivity index (χ4n) is 2.90. The zero-order chi connectivity index (χ0) is 23.0. The smallest absolute Gasteiger partial charge is 0.138 e. The van der Waals surface area contributed by atoms with E-state index in [-0.39, 0.29) is 24.5 Å². The molecule has 0 aliphatic heterocycles. The number of aliphatic hydroxyl groups excluding tert-OH is 2. The minimum Gasteiger partial charge on any atom is -0.489 e. The molecule has 0 aliphatic carbocycles. The molecule has 0 spiro atoms. The molecule has 4 nitrogen and oxygen atoms in total. The number of ether oxygens (including phenoxy) is 2. The summed E-state index contributed by atoms with van der Waals surface area (Å²) in [6.07, 6.45) is -1.28. The number of hydrogen-bond acceptors (Lipinski definition) is 5. The summed E-state index contributed by atoms with van der Waals surface area (Å²) in [5.41, 5.74) is 1.60. The summed E-state index contributed by atoms with van der Waals surface area (Å²) in [6.45, 7) is 6.48. The van der Waals surface area contributed by atoms with E-state index in [1.807, 2.05) is 30.3 Å². The zero-order valence-corrected chi connectivity index (χ0v) is 21.0. The molecule has 172 valence electrons. The average Bonchev–Trinajstić information content (AvgIpc) is 2.75. The van der Waals surface area contributed by atoms with Crippen molar-refractivity contribution in [2.24, 2.45) is 0 Å². The summed E-state index contributed by atoms with van der Waals surface area (Å²) in [5, 5.41) is 20.5. The maximum atomic E-state index is 9.96. The van der Waals surface area contributed by atoms with Crippen molar-refractivity contribution in [3.63, 3.8) is 0 Å². The SMILES string of the molecule is CCSCC(O)COc1ccc(C(C)(C)c2ccc(OCC(O)CCl)c(Cl)c2)cc1Cl. The number of rotatable bonds is 12. The molecule has 2 aromatic rings. The van der Waals surface area contributed by atoms with Crippen LogP contribution in [0.2, 0.25) is 10.0 Å². The van der Waals surface area contributed by atoms with Gasteiger partial charge in [-0.05, 0) is 41.1 Å². The number of thioether (sulfide) groups is 1. The van der Waals surface area contributed by atoms with E-state index < -0.39 is 12.2 Å². The molecule has 2 atom stereocenters. The largest absolute Gasteiger partial charge is 0.489 e. The third-order valence-electron chi connectivity index (χ3n) is 4.86. The quantitative estimate of drug-likeness (QED) is 0.356. The lowest BCUT2D eigenvalue weighted by molar-refractivity contribution is 0.125. The topological polar surface area (TPSA) is 58.9 Å². The molecule has 8 heteroatoms. The fourth-order valence-corrected chi connectivity index (χ4v) is 4.06. The van der Waals surface area contributed by atoms with Crippen LogP contribution in [0.3, 0.4) is 0 Å². The molecule has 2 rings (SSSR count). The first-order chi connectivity index (χ1) is 14.7. The van der Waals surface area contributed by atoms with Gasteiger partial charge < -0.3 is 19.7 Å². The molecule has 0 radical (unpaired) electrons. The molecule has 0 aromatic heterocycles. The average molecular weight is 508 g/mol. The van der Waals surface area contributed by atoms with E-state index in [1.54, 1.807) is 17.8 Å². The van der Waals surface area contributed by atoms with Gasteiger partial charge >= 0.3 is 0 Å². The minimum absolute atomic E-state index is 0.0782. The highest BCUT2D eigenvalue weighted by molar-refractivity contribution is 7.99. The summed E-state index contributed by atoms with van der Waals surface area (Å²) >= 11 is 20.1. The van der Waals surface area contributed by atoms with E-state index in [1.165, 1.54) is 0 Å². The normalized spacial score (nSPS) is 13.7. The fraction of sp³-hybridized carbons (Fsp3) is 0.478. The molecule has 0 saturated heterocycles. The molecule has 2 unspecified atom stereocenters. The van der Waals surface area contributed by atoms with Crippen LogP contribution in [0.25, 0.3) is 0 Å². The van der Waals surface area contributed by atoms with Crippen molar-refractivity contribution in [1.29, 1.82) is 0 Å². The van der Waals surface area contributed by atoms with Crippen LogP contribution in [-0.2, 0) is 5.41 Å². The van der Waals surface area contributed by atoms with Crippen LogP contribution in [0.4, 0.5) is 0 Å². The summed E-state index contributed by atoms with van der Waals surface area (Å²) in [4.78, 5) is 0. The van der Waals surface area contributed by atoms with Crippen LogP contribution in [0.5, 0.6) is 11.5 Å². The van der Waals surface area contributed by atoms with Crippen LogP contribution in [0.1, 0.15) is 31.9 Å². The van der Waals surface area contributed by atoms with Crippen LogP contribution >= 0.6 is 46.6 Å². The van der Waals surface area contributed by atoms with Gasteiger partial charge in [0.15, 0.2) is 0 Å². The molecule has 31 heavy (non-hydrogen) atoms. The van der Waals surface area contributed by atoms with Crippen LogP contribution in [0, 0.1) is 0 Å². The lowest BCUT2D eigenvalue weighted by Gasteiger charge is -2.27. The predicted octanol–water partition coefficient (Wildman–Crippen LogP) is 5.79. The Balaban J connectivity index is 2.12. The number of aliphatic hydroxyl groups is 2. The van der Waals surface area contributed by atoms with Gasteiger partial charge in [0, 0.05) is 11.2 Å². The molecule has 0 amide bonds. The Morgan fingerprint density at radius 3 is 1.81 bits per heavy atom. The maximum absolute atomic E-state index is 9.96. The molecule has 0 bridgehead atoms. The van der Waals surface area contributed by atoms with Gasteiger partial charge in [-0.1, -0.05) is 56.1 Å². The highest BCUT2D eigenvalue weighted by Gasteiger charge is 2.25. The van der Waals surface area contributed by atoms with Gasteiger partial charge in [-0.25, -0.2) is 0 Å². The summed E-state index contributed by atoms with van der Waals surface area (Å²) < 4.78 is 11.2. The highest BCUT2D eigenvalue weighted by Crippen LogP contribution is 2.38. The Labute approximate surface area is 203 Å². The first-order valence-electron chi connectivity index (χ1n) is 10.0. The lowest BCUT2D eigenvalue weighted by Crippen LogP contribution is -2.21. The number of benzene rings is 2. The highest BCUT2D eigenvalue weighted by atomic mass is 35.5. The maximum Gasteiger partial charge on any atom is 0.138 e. The summed E-state index contributed by atoms with van der Waals surface area (Å²) in [6, 6.07) is 11.2. The third-order valence-corrected chi connectivity index (χ3v) is 6.84. The van der Waals surface area contributed by atoms with Crippen molar-refractivity contribution in [1.82, 2.24) is 0 Å². The van der Waals surface area contributed by atoms with Crippen molar-refractivity contribution in [3.8, 4) is 11.5 Å². The van der Waals surface area contributed by atoms with Gasteiger partial charge in [0.1, 0.15) is 30.8 Å². The number of hydrogen-bond donors (Lipinski definition) is 2. The van der Waals surface area contributed by atoms with Gasteiger partial charge in [0.2, 0.25) is 0 Å². The Morgan fingerprint density at radius 1 is 0.903 bits per heavy atom. The van der Waals surface area contributed by atoms with E-state index in [0.29, 0.717) is 27.3 Å². The van der Waals surface area contributed by atoms with Gasteiger partial charge in [0.25, 0.3) is 0 Å². The zero-order valence-electron chi connectivity index (χ0n) is 17.9. The van der Waals surface area contributed by atoms with E-state index in [9.17, 15) is 10.2 Å². The number of halogens is 3. The Kier molecular flexibility index (Phi) is 10.6. The minimum atomic E-state index is -0.747. The van der Waals surface area contributed by atoms with E-state index in [4.69, 9.17) is 44.3 Å². The van der Waals surface area contributed by atoms with Crippen LogP contribution < -0.4 is 9.47 Å². The summed E-state index contributed by atoms with van der Waals surface area (Å²) in [5.74, 6) is 2.71. The molecule has 0 fully saturated rings. The molecule has 0 heterocycles. The Morgan fingerprint density at radius 2 is 1.39 bits per heavy atom. The molecule has 2 N–H and O–H groups in total. The molecule has 2 aromatic carbocycles. The Bertz CT molecular complexity index is 848. The molecule has 0 saturated carbocycles. The van der Waals surface area contributed by atoms with Gasteiger partial charge in [0.05, 0.1) is 22.0 Å². The second-order valence-electron chi connectivity index (χ2n) is 7.66. The van der Waals surface area contributed by atoms with Crippen molar-refractivity contribution in [2.45, 2.75) is 38.4 Å². The van der Waals surface area contributed by atoms with Crippen molar-refractivity contribution in [2.75, 3.05) is 30.6 Å². The predicted molar refractivity (Wildman–Crippen MR) is 132 cm³/mol. The first-order valence-corrected chi connectivity index (χ1v) is 12.5.